The van der Waals surface area contributed by atoms with Gasteiger partial charge in [0.25, 0.3) is 0 Å². The highest BCUT2D eigenvalue weighted by molar-refractivity contribution is 5.89. The Bertz CT molecular complexity index is 710. The zero-order chi connectivity index (χ0) is 17.1. The molecule has 3 heterocycles. The molecule has 0 bridgehead atoms. The lowest BCUT2D eigenvalue weighted by Crippen LogP contribution is -2.34. The lowest BCUT2D eigenvalue weighted by molar-refractivity contribution is 0.217. The van der Waals surface area contributed by atoms with E-state index in [1.54, 1.807) is 17.1 Å². The van der Waals surface area contributed by atoms with Gasteiger partial charge in [0.05, 0.1) is 18.1 Å². The Balaban J connectivity index is 1.34. The lowest BCUT2D eigenvalue weighted by Gasteiger charge is -2.21. The fourth-order valence-corrected chi connectivity index (χ4v) is 3.77. The number of urea groups is 1. The third-order valence-electron chi connectivity index (χ3n) is 5.07. The molecule has 0 aliphatic carbocycles. The zero-order valence-corrected chi connectivity index (χ0v) is 14.3. The maximum atomic E-state index is 12.6. The minimum Gasteiger partial charge on any atom is -0.324 e. The number of hydrogen-bond donors (Lipinski definition) is 1. The molecule has 132 valence electrons. The van der Waals surface area contributed by atoms with Crippen molar-refractivity contribution < 1.29 is 4.79 Å². The van der Waals surface area contributed by atoms with Crippen LogP contribution in [0.1, 0.15) is 19.3 Å². The number of benzene rings is 1. The van der Waals surface area contributed by atoms with E-state index in [1.165, 1.54) is 25.9 Å². The highest BCUT2D eigenvalue weighted by Crippen LogP contribution is 2.21. The average molecular weight is 340 g/mol. The number of hydrogen-bond acceptors (Lipinski definition) is 4. The molecule has 1 N–H and O–H groups in total. The van der Waals surface area contributed by atoms with Crippen LogP contribution in [0.25, 0.3) is 5.69 Å². The van der Waals surface area contributed by atoms with Crippen LogP contribution in [0.3, 0.4) is 0 Å². The van der Waals surface area contributed by atoms with Crippen LogP contribution >= 0.6 is 0 Å². The SMILES string of the molecule is O=C(Nc1cccc(-n2ccnn2)c1)N1CC[C@@H](CN2CCCC2)C1. The maximum absolute atomic E-state index is 12.6. The van der Waals surface area contributed by atoms with E-state index in [4.69, 9.17) is 0 Å². The standard InChI is InChI=1S/C18H24N6O/c25-18(23-10-6-15(14-23)13-22-8-1-2-9-22)20-16-4-3-5-17(12-16)24-11-7-19-21-24/h3-5,7,11-12,15H,1-2,6,8-10,13-14H2,(H,20,25)/t15-/m0/s1. The first-order chi connectivity index (χ1) is 12.3. The lowest BCUT2D eigenvalue weighted by atomic mass is 10.1. The molecule has 1 aromatic heterocycles. The molecule has 1 atom stereocenters. The molecular formula is C18H24N6O. The molecule has 2 saturated heterocycles. The van der Waals surface area contributed by atoms with Crippen LogP contribution in [0.5, 0.6) is 0 Å². The van der Waals surface area contributed by atoms with E-state index in [0.717, 1.165) is 37.4 Å². The van der Waals surface area contributed by atoms with Crippen LogP contribution in [0, 0.1) is 5.92 Å². The highest BCUT2D eigenvalue weighted by Gasteiger charge is 2.28. The Morgan fingerprint density at radius 2 is 2.12 bits per heavy atom. The second kappa shape index (κ2) is 7.23. The van der Waals surface area contributed by atoms with E-state index < -0.39 is 0 Å². The van der Waals surface area contributed by atoms with Crippen molar-refractivity contribution >= 4 is 11.7 Å². The van der Waals surface area contributed by atoms with Gasteiger partial charge in [0.15, 0.2) is 0 Å². The molecule has 4 rings (SSSR count). The average Bonchev–Trinajstić information content (AvgIpc) is 3.38. The summed E-state index contributed by atoms with van der Waals surface area (Å²) in [4.78, 5) is 17.0. The van der Waals surface area contributed by atoms with Crippen LogP contribution in [0.2, 0.25) is 0 Å². The monoisotopic (exact) mass is 340 g/mol. The molecule has 0 unspecified atom stereocenters. The largest absolute Gasteiger partial charge is 0.324 e. The number of carbonyl (C=O) groups excluding carboxylic acids is 1. The number of carbonyl (C=O) groups is 1. The van der Waals surface area contributed by atoms with Gasteiger partial charge in [0.1, 0.15) is 0 Å². The van der Waals surface area contributed by atoms with Crippen molar-refractivity contribution in [3.63, 3.8) is 0 Å². The quantitative estimate of drug-likeness (QED) is 0.927. The molecule has 2 amide bonds. The predicted molar refractivity (Wildman–Crippen MR) is 95.7 cm³/mol. The highest BCUT2D eigenvalue weighted by atomic mass is 16.2. The van der Waals surface area contributed by atoms with Crippen molar-refractivity contribution in [2.24, 2.45) is 5.92 Å². The third kappa shape index (κ3) is 3.82. The normalized spacial score (nSPS) is 21.0. The number of likely N-dealkylation sites (tertiary alicyclic amines) is 2. The van der Waals surface area contributed by atoms with Gasteiger partial charge < -0.3 is 15.1 Å². The summed E-state index contributed by atoms with van der Waals surface area (Å²) < 4.78 is 1.68. The van der Waals surface area contributed by atoms with E-state index in [0.29, 0.717) is 5.92 Å². The number of nitrogens with zero attached hydrogens (tertiary/aromatic N) is 5. The number of aromatic nitrogens is 3. The van der Waals surface area contributed by atoms with E-state index in [2.05, 4.69) is 20.5 Å². The molecule has 2 aliphatic rings. The molecule has 0 radical (unpaired) electrons. The summed E-state index contributed by atoms with van der Waals surface area (Å²) >= 11 is 0. The molecule has 2 aromatic rings. The Kier molecular flexibility index (Phi) is 4.65. The summed E-state index contributed by atoms with van der Waals surface area (Å²) in [6.07, 6.45) is 7.15. The second-order valence-corrected chi connectivity index (χ2v) is 6.94. The van der Waals surface area contributed by atoms with Crippen molar-refractivity contribution in [1.82, 2.24) is 24.8 Å². The van der Waals surface area contributed by atoms with Crippen LogP contribution in [-0.2, 0) is 0 Å². The minimum absolute atomic E-state index is 0.0142. The predicted octanol–water partition coefficient (Wildman–Crippen LogP) is 2.22. The summed E-state index contributed by atoms with van der Waals surface area (Å²) in [7, 11) is 0. The fourth-order valence-electron chi connectivity index (χ4n) is 3.77. The van der Waals surface area contributed by atoms with Gasteiger partial charge in [0, 0.05) is 25.3 Å². The second-order valence-electron chi connectivity index (χ2n) is 6.94. The van der Waals surface area contributed by atoms with Crippen LogP contribution in [-0.4, -0.2) is 63.5 Å². The molecule has 1 aromatic carbocycles. The Labute approximate surface area is 147 Å². The first kappa shape index (κ1) is 16.1. The molecule has 25 heavy (non-hydrogen) atoms. The first-order valence-electron chi connectivity index (χ1n) is 9.03. The number of amides is 2. The number of nitrogens with one attached hydrogen (secondary N) is 1. The summed E-state index contributed by atoms with van der Waals surface area (Å²) in [6.45, 7) is 5.26. The van der Waals surface area contributed by atoms with E-state index >= 15 is 0 Å². The van der Waals surface area contributed by atoms with Gasteiger partial charge in [0.2, 0.25) is 0 Å². The maximum Gasteiger partial charge on any atom is 0.321 e. The Morgan fingerprint density at radius 1 is 1.24 bits per heavy atom. The van der Waals surface area contributed by atoms with Crippen molar-refractivity contribution in [2.45, 2.75) is 19.3 Å². The van der Waals surface area contributed by atoms with Gasteiger partial charge in [-0.05, 0) is 56.5 Å². The summed E-state index contributed by atoms with van der Waals surface area (Å²) in [5.74, 6) is 0.602. The molecule has 2 aliphatic heterocycles. The van der Waals surface area contributed by atoms with Crippen molar-refractivity contribution in [3.8, 4) is 5.69 Å². The molecule has 0 spiro atoms. The van der Waals surface area contributed by atoms with Gasteiger partial charge >= 0.3 is 6.03 Å². The minimum atomic E-state index is -0.0142. The summed E-state index contributed by atoms with van der Waals surface area (Å²) in [5.41, 5.74) is 1.66. The smallest absolute Gasteiger partial charge is 0.321 e. The molecular weight excluding hydrogens is 316 g/mol. The molecule has 7 heteroatoms. The Hall–Kier alpha value is -2.41. The van der Waals surface area contributed by atoms with Crippen LogP contribution < -0.4 is 5.32 Å². The van der Waals surface area contributed by atoms with Crippen molar-refractivity contribution in [3.05, 3.63) is 36.7 Å². The van der Waals surface area contributed by atoms with E-state index in [9.17, 15) is 4.79 Å². The van der Waals surface area contributed by atoms with Gasteiger partial charge in [-0.25, -0.2) is 9.48 Å². The molecule has 0 saturated carbocycles. The Morgan fingerprint density at radius 3 is 2.92 bits per heavy atom. The van der Waals surface area contributed by atoms with Crippen molar-refractivity contribution in [2.75, 3.05) is 38.0 Å². The van der Waals surface area contributed by atoms with Gasteiger partial charge in [-0.2, -0.15) is 0 Å². The zero-order valence-electron chi connectivity index (χ0n) is 14.3. The molecule has 7 nitrogen and oxygen atoms in total. The topological polar surface area (TPSA) is 66.3 Å². The van der Waals surface area contributed by atoms with Crippen LogP contribution in [0.4, 0.5) is 10.5 Å². The number of rotatable bonds is 4. The van der Waals surface area contributed by atoms with E-state index in [1.807, 2.05) is 29.2 Å². The first-order valence-corrected chi connectivity index (χ1v) is 9.03. The summed E-state index contributed by atoms with van der Waals surface area (Å²) in [6, 6.07) is 7.64. The molecule has 2 fully saturated rings. The van der Waals surface area contributed by atoms with Crippen LogP contribution in [0.15, 0.2) is 36.7 Å². The van der Waals surface area contributed by atoms with Gasteiger partial charge in [-0.15, -0.1) is 5.10 Å². The number of anilines is 1. The van der Waals surface area contributed by atoms with Gasteiger partial charge in [-0.1, -0.05) is 11.3 Å². The van der Waals surface area contributed by atoms with Crippen molar-refractivity contribution in [1.29, 1.82) is 0 Å². The summed E-state index contributed by atoms with van der Waals surface area (Å²) in [5, 5.41) is 10.8. The fraction of sp³-hybridized carbons (Fsp3) is 0.500. The van der Waals surface area contributed by atoms with E-state index in [-0.39, 0.29) is 6.03 Å². The van der Waals surface area contributed by atoms with Gasteiger partial charge in [-0.3, -0.25) is 0 Å². The third-order valence-corrected chi connectivity index (χ3v) is 5.07.